The summed E-state index contributed by atoms with van der Waals surface area (Å²) in [6.07, 6.45) is 2.32. The van der Waals surface area contributed by atoms with E-state index in [9.17, 15) is 4.79 Å². The number of hydrogen-bond acceptors (Lipinski definition) is 6. The van der Waals surface area contributed by atoms with Crippen molar-refractivity contribution in [1.29, 1.82) is 0 Å². The minimum atomic E-state index is -1.06. The van der Waals surface area contributed by atoms with Gasteiger partial charge in [0.05, 0.1) is 23.4 Å². The topological polar surface area (TPSA) is 92.9 Å². The summed E-state index contributed by atoms with van der Waals surface area (Å²) in [6.45, 7) is 4.14. The maximum atomic E-state index is 10.6. The number of hydrogen-bond donors (Lipinski definition) is 2. The molecule has 0 atom stereocenters. The maximum absolute atomic E-state index is 10.6. The van der Waals surface area contributed by atoms with Crippen LogP contribution in [-0.4, -0.2) is 44.1 Å². The Kier molecular flexibility index (Phi) is 4.58. The number of aromatic nitrogens is 4. The first-order chi connectivity index (χ1) is 9.15. The lowest BCUT2D eigenvalue weighted by Gasteiger charge is -2.02. The minimum absolute atomic E-state index is 0.0297. The molecule has 2 aromatic heterocycles. The average molecular weight is 281 g/mol. The van der Waals surface area contributed by atoms with Gasteiger partial charge in [-0.25, -0.2) is 9.78 Å². The lowest BCUT2D eigenvalue weighted by molar-refractivity contribution is 0.0690. The lowest BCUT2D eigenvalue weighted by atomic mass is 10.3. The fourth-order valence-corrected chi connectivity index (χ4v) is 2.21. The third kappa shape index (κ3) is 4.11. The number of rotatable bonds is 7. The molecule has 2 N–H and O–H groups in total. The second-order valence-corrected chi connectivity index (χ2v) is 5.09. The molecule has 8 heteroatoms. The predicted octanol–water partition coefficient (Wildman–Crippen LogP) is 0.574. The summed E-state index contributed by atoms with van der Waals surface area (Å²) in [5.74, 6) is -1.06. The monoisotopic (exact) mass is 281 g/mol. The molecule has 0 aliphatic carbocycles. The summed E-state index contributed by atoms with van der Waals surface area (Å²) in [6, 6.07) is 0. The van der Waals surface area contributed by atoms with Crippen molar-refractivity contribution in [2.45, 2.75) is 19.9 Å². The van der Waals surface area contributed by atoms with Crippen LogP contribution in [0.25, 0.3) is 0 Å². The average Bonchev–Trinajstić information content (AvgIpc) is 2.98. The van der Waals surface area contributed by atoms with Gasteiger partial charge in [-0.15, -0.1) is 16.4 Å². The summed E-state index contributed by atoms with van der Waals surface area (Å²) in [7, 11) is 0. The van der Waals surface area contributed by atoms with Crippen molar-refractivity contribution < 1.29 is 9.90 Å². The van der Waals surface area contributed by atoms with Crippen LogP contribution in [0.5, 0.6) is 0 Å². The first-order valence-corrected chi connectivity index (χ1v) is 6.78. The predicted molar refractivity (Wildman–Crippen MR) is 70.4 cm³/mol. The van der Waals surface area contributed by atoms with Gasteiger partial charge in [0.2, 0.25) is 0 Å². The third-order valence-corrected chi connectivity index (χ3v) is 3.32. The van der Waals surface area contributed by atoms with Crippen molar-refractivity contribution >= 4 is 17.3 Å². The van der Waals surface area contributed by atoms with Crippen LogP contribution in [-0.2, 0) is 13.0 Å². The number of carboxylic acid groups (broad SMARTS) is 1. The Morgan fingerprint density at radius 3 is 3.00 bits per heavy atom. The summed E-state index contributed by atoms with van der Waals surface area (Å²) >= 11 is 1.65. The van der Waals surface area contributed by atoms with Crippen LogP contribution in [0, 0.1) is 6.92 Å². The van der Waals surface area contributed by atoms with Crippen LogP contribution < -0.4 is 5.32 Å². The second-order valence-electron chi connectivity index (χ2n) is 4.03. The van der Waals surface area contributed by atoms with E-state index in [2.05, 4.69) is 26.0 Å². The highest BCUT2D eigenvalue weighted by molar-refractivity contribution is 7.09. The molecule has 7 nitrogen and oxygen atoms in total. The Hall–Kier alpha value is -1.80. The smallest absolute Gasteiger partial charge is 0.358 e. The zero-order valence-corrected chi connectivity index (χ0v) is 11.4. The summed E-state index contributed by atoms with van der Waals surface area (Å²) in [4.78, 5) is 15.0. The van der Waals surface area contributed by atoms with E-state index in [0.717, 1.165) is 23.7 Å². The van der Waals surface area contributed by atoms with Crippen molar-refractivity contribution in [1.82, 2.24) is 25.3 Å². The van der Waals surface area contributed by atoms with Gasteiger partial charge in [-0.3, -0.25) is 4.68 Å². The fraction of sp³-hybridized carbons (Fsp3) is 0.455. The molecule has 0 amide bonds. The van der Waals surface area contributed by atoms with Crippen LogP contribution in [0.3, 0.4) is 0 Å². The van der Waals surface area contributed by atoms with Crippen LogP contribution in [0.4, 0.5) is 0 Å². The van der Waals surface area contributed by atoms with Gasteiger partial charge in [0.15, 0.2) is 5.69 Å². The zero-order valence-electron chi connectivity index (χ0n) is 10.5. The maximum Gasteiger partial charge on any atom is 0.358 e. The quantitative estimate of drug-likeness (QED) is 0.721. The highest BCUT2D eigenvalue weighted by Crippen LogP contribution is 2.07. The molecule has 0 saturated heterocycles. The number of thiazole rings is 1. The van der Waals surface area contributed by atoms with E-state index in [-0.39, 0.29) is 5.69 Å². The van der Waals surface area contributed by atoms with Gasteiger partial charge in [-0.2, -0.15) is 0 Å². The Balaban J connectivity index is 1.65. The first kappa shape index (κ1) is 13.6. The van der Waals surface area contributed by atoms with Gasteiger partial charge in [0.1, 0.15) is 0 Å². The Morgan fingerprint density at radius 2 is 2.37 bits per heavy atom. The zero-order chi connectivity index (χ0) is 13.7. The van der Waals surface area contributed by atoms with Crippen LogP contribution >= 0.6 is 11.3 Å². The van der Waals surface area contributed by atoms with Crippen molar-refractivity contribution in [2.24, 2.45) is 0 Å². The number of aryl methyl sites for hydroxylation is 1. The Morgan fingerprint density at radius 1 is 1.53 bits per heavy atom. The molecule has 19 heavy (non-hydrogen) atoms. The van der Waals surface area contributed by atoms with Crippen molar-refractivity contribution in [3.8, 4) is 0 Å². The lowest BCUT2D eigenvalue weighted by Crippen LogP contribution is -2.22. The number of aromatic carboxylic acids is 1. The number of nitrogens with one attached hydrogen (secondary N) is 1. The van der Waals surface area contributed by atoms with E-state index in [4.69, 9.17) is 5.11 Å². The molecule has 0 aromatic carbocycles. The highest BCUT2D eigenvalue weighted by atomic mass is 32.1. The van der Waals surface area contributed by atoms with E-state index < -0.39 is 5.97 Å². The largest absolute Gasteiger partial charge is 0.476 e. The molecule has 0 saturated carbocycles. The molecule has 2 heterocycles. The Bertz CT molecular complexity index is 551. The van der Waals surface area contributed by atoms with Gasteiger partial charge < -0.3 is 10.4 Å². The Labute approximate surface area is 114 Å². The fourth-order valence-electron chi connectivity index (χ4n) is 1.56. The van der Waals surface area contributed by atoms with Crippen molar-refractivity contribution in [2.75, 3.05) is 13.1 Å². The summed E-state index contributed by atoms with van der Waals surface area (Å²) in [5, 5.41) is 22.4. The molecule has 0 bridgehead atoms. The van der Waals surface area contributed by atoms with Crippen molar-refractivity contribution in [3.05, 3.63) is 28.0 Å². The highest BCUT2D eigenvalue weighted by Gasteiger charge is 2.07. The van der Waals surface area contributed by atoms with Gasteiger partial charge in [0.25, 0.3) is 0 Å². The molecular formula is C11H15N5O2S. The number of carbonyl (C=O) groups is 1. The number of carboxylic acids is 1. The van der Waals surface area contributed by atoms with E-state index in [0.29, 0.717) is 13.1 Å². The van der Waals surface area contributed by atoms with Crippen LogP contribution in [0.15, 0.2) is 11.6 Å². The van der Waals surface area contributed by atoms with Gasteiger partial charge in [0, 0.05) is 24.9 Å². The molecule has 0 fully saturated rings. The molecule has 0 aliphatic rings. The molecule has 2 rings (SSSR count). The van der Waals surface area contributed by atoms with Crippen LogP contribution in [0.1, 0.15) is 21.2 Å². The molecule has 0 spiro atoms. The van der Waals surface area contributed by atoms with Crippen molar-refractivity contribution in [3.63, 3.8) is 0 Å². The van der Waals surface area contributed by atoms with Crippen LogP contribution in [0.2, 0.25) is 0 Å². The minimum Gasteiger partial charge on any atom is -0.476 e. The normalized spacial score (nSPS) is 10.8. The molecule has 2 aromatic rings. The summed E-state index contributed by atoms with van der Waals surface area (Å²) in [5.41, 5.74) is 1.07. The second kappa shape index (κ2) is 6.39. The van der Waals surface area contributed by atoms with E-state index in [1.165, 1.54) is 10.9 Å². The number of nitrogens with zero attached hydrogens (tertiary/aromatic N) is 4. The standard InChI is InChI=1S/C11H15N5O2S/c1-8-13-9(7-19-8)2-3-12-4-5-16-6-10(11(17)18)14-15-16/h6-7,12H,2-5H2,1H3,(H,17,18). The molecule has 102 valence electrons. The molecule has 0 unspecified atom stereocenters. The third-order valence-electron chi connectivity index (χ3n) is 2.50. The van der Waals surface area contributed by atoms with Gasteiger partial charge in [-0.05, 0) is 6.92 Å². The van der Waals surface area contributed by atoms with E-state index >= 15 is 0 Å². The van der Waals surface area contributed by atoms with Gasteiger partial charge in [-0.1, -0.05) is 5.21 Å². The SMILES string of the molecule is Cc1nc(CCNCCn2cc(C(=O)O)nn2)cs1. The molecule has 0 radical (unpaired) electrons. The van der Waals surface area contributed by atoms with Gasteiger partial charge >= 0.3 is 5.97 Å². The first-order valence-electron chi connectivity index (χ1n) is 5.90. The summed E-state index contributed by atoms with van der Waals surface area (Å²) < 4.78 is 1.52. The molecule has 0 aliphatic heterocycles. The molecular weight excluding hydrogens is 266 g/mol. The van der Waals surface area contributed by atoms with E-state index in [1.54, 1.807) is 11.3 Å². The van der Waals surface area contributed by atoms with E-state index in [1.807, 2.05) is 6.92 Å².